The lowest BCUT2D eigenvalue weighted by molar-refractivity contribution is -0.117. The van der Waals surface area contributed by atoms with E-state index in [0.717, 1.165) is 0 Å². The fourth-order valence-corrected chi connectivity index (χ4v) is 0.418. The number of rotatable bonds is 3. The van der Waals surface area contributed by atoms with Gasteiger partial charge in [0.05, 0.1) is 6.54 Å². The molecule has 0 fully saturated rings. The summed E-state index contributed by atoms with van der Waals surface area (Å²) in [5.41, 5.74) is 4.95. The highest BCUT2D eigenvalue weighted by Gasteiger charge is 1.92. The fraction of sp³-hybridized carbons (Fsp3) is 0.750. The molecule has 7 heavy (non-hydrogen) atoms. The van der Waals surface area contributed by atoms with Crippen LogP contribution in [0, 0.1) is 0 Å². The molecule has 0 amide bonds. The van der Waals surface area contributed by atoms with Crippen molar-refractivity contribution in [3.05, 3.63) is 0 Å². The van der Waals surface area contributed by atoms with E-state index < -0.39 is 0 Å². The van der Waals surface area contributed by atoms with E-state index in [1.54, 1.807) is 0 Å². The van der Waals surface area contributed by atoms with Crippen molar-refractivity contribution in [3.8, 4) is 0 Å². The molecule has 0 aliphatic heterocycles. The van der Waals surface area contributed by atoms with E-state index in [1.165, 1.54) is 0 Å². The Morgan fingerprint density at radius 3 is 2.43 bits per heavy atom. The Morgan fingerprint density at radius 1 is 1.71 bits per heavy atom. The average molecular weight is 122 g/mol. The first-order chi connectivity index (χ1) is 3.31. The van der Waals surface area contributed by atoms with Crippen molar-refractivity contribution < 1.29 is 4.79 Å². The van der Waals surface area contributed by atoms with Gasteiger partial charge < -0.3 is 5.73 Å². The van der Waals surface area contributed by atoms with Crippen molar-refractivity contribution in [1.82, 2.24) is 0 Å². The summed E-state index contributed by atoms with van der Waals surface area (Å²) in [6.07, 6.45) is 0.401. The van der Waals surface area contributed by atoms with Crippen LogP contribution in [0.4, 0.5) is 0 Å². The average Bonchev–Trinajstić information content (AvgIpc) is 1.68. The topological polar surface area (TPSA) is 43.1 Å². The minimum atomic E-state index is 0.0231. The normalized spacial score (nSPS) is 8.86. The predicted octanol–water partition coefficient (Wildman–Crippen LogP) is 0.143. The number of hydrogen-bond acceptors (Lipinski definition) is 2. The third-order valence-electron chi connectivity index (χ3n) is 0.601. The zero-order chi connectivity index (χ0) is 5.70. The predicted molar refractivity (Wildman–Crippen MR) is 29.4 cm³/mol. The van der Waals surface area contributed by atoms with Crippen LogP contribution in [-0.4, -0.2) is 18.2 Å². The highest BCUT2D eigenvalue weighted by molar-refractivity contribution is 6.19. The van der Waals surface area contributed by atoms with E-state index in [4.69, 9.17) is 17.3 Å². The molecule has 42 valence electrons. The maximum absolute atomic E-state index is 10.2. The third kappa shape index (κ3) is 3.76. The number of carbonyl (C=O) groups is 1. The highest BCUT2D eigenvalue weighted by atomic mass is 35.5. The number of hydrogen-bond donors (Lipinski definition) is 1. The quantitative estimate of drug-likeness (QED) is 0.540. The highest BCUT2D eigenvalue weighted by Crippen LogP contribution is 1.82. The minimum absolute atomic E-state index is 0.0231. The van der Waals surface area contributed by atoms with Gasteiger partial charge in [0, 0.05) is 12.3 Å². The largest absolute Gasteiger partial charge is 0.324 e. The molecule has 2 N–H and O–H groups in total. The summed E-state index contributed by atoms with van der Waals surface area (Å²) in [6, 6.07) is 0. The van der Waals surface area contributed by atoms with Gasteiger partial charge in [0.15, 0.2) is 0 Å². The summed E-state index contributed by atoms with van der Waals surface area (Å²) < 4.78 is 0. The van der Waals surface area contributed by atoms with Crippen LogP contribution >= 0.6 is 11.6 Å². The molecule has 0 aromatic rings. The molecule has 0 atom stereocenters. The first-order valence-corrected chi connectivity index (χ1v) is 2.62. The van der Waals surface area contributed by atoms with Crippen LogP contribution in [0.15, 0.2) is 0 Å². The molecule has 0 saturated heterocycles. The molecule has 0 heterocycles. The van der Waals surface area contributed by atoms with E-state index >= 15 is 0 Å². The van der Waals surface area contributed by atoms with Crippen LogP contribution in [0.1, 0.15) is 6.42 Å². The summed E-state index contributed by atoms with van der Waals surface area (Å²) in [6.45, 7) is 0.118. The van der Waals surface area contributed by atoms with Gasteiger partial charge in [-0.05, 0) is 0 Å². The molecular weight excluding hydrogens is 114 g/mol. The molecule has 0 bridgehead atoms. The lowest BCUT2D eigenvalue weighted by Gasteiger charge is -1.86. The standard InChI is InChI=1S/C4H8ClNO/c5-2-1-4(7)3-6/h1-3,6H2. The minimum Gasteiger partial charge on any atom is -0.324 e. The van der Waals surface area contributed by atoms with Gasteiger partial charge in [-0.25, -0.2) is 0 Å². The van der Waals surface area contributed by atoms with Gasteiger partial charge >= 0.3 is 0 Å². The monoisotopic (exact) mass is 121 g/mol. The van der Waals surface area contributed by atoms with Crippen LogP contribution in [0.3, 0.4) is 0 Å². The Bertz CT molecular complexity index is 64.7. The summed E-state index contributed by atoms with van der Waals surface area (Å²) >= 11 is 5.20. The number of alkyl halides is 1. The van der Waals surface area contributed by atoms with Crippen LogP contribution in [-0.2, 0) is 4.79 Å². The molecule has 0 aromatic heterocycles. The van der Waals surface area contributed by atoms with Gasteiger partial charge in [-0.3, -0.25) is 4.79 Å². The summed E-state index contributed by atoms with van der Waals surface area (Å²) in [5.74, 6) is 0.408. The Hall–Kier alpha value is -0.0800. The van der Waals surface area contributed by atoms with Crippen LogP contribution in [0.25, 0.3) is 0 Å². The van der Waals surface area contributed by atoms with Gasteiger partial charge in [-0.1, -0.05) is 0 Å². The third-order valence-corrected chi connectivity index (χ3v) is 0.790. The van der Waals surface area contributed by atoms with E-state index in [2.05, 4.69) is 0 Å². The number of carbonyl (C=O) groups excluding carboxylic acids is 1. The number of ketones is 1. The van der Waals surface area contributed by atoms with Gasteiger partial charge in [0.25, 0.3) is 0 Å². The van der Waals surface area contributed by atoms with Crippen molar-refractivity contribution in [2.75, 3.05) is 12.4 Å². The second-order valence-electron chi connectivity index (χ2n) is 1.18. The van der Waals surface area contributed by atoms with E-state index in [9.17, 15) is 4.79 Å². The molecule has 0 spiro atoms. The zero-order valence-electron chi connectivity index (χ0n) is 3.98. The lowest BCUT2D eigenvalue weighted by atomic mass is 10.3. The van der Waals surface area contributed by atoms with Crippen LogP contribution < -0.4 is 5.73 Å². The van der Waals surface area contributed by atoms with Crippen molar-refractivity contribution >= 4 is 17.4 Å². The van der Waals surface area contributed by atoms with Gasteiger partial charge in [-0.15, -0.1) is 11.6 Å². The molecule has 0 unspecified atom stereocenters. The molecule has 0 rings (SSSR count). The zero-order valence-corrected chi connectivity index (χ0v) is 4.74. The molecular formula is C4H8ClNO. The summed E-state index contributed by atoms with van der Waals surface area (Å²) in [7, 11) is 0. The van der Waals surface area contributed by atoms with E-state index in [0.29, 0.717) is 12.3 Å². The van der Waals surface area contributed by atoms with Crippen molar-refractivity contribution in [2.24, 2.45) is 5.73 Å². The molecule has 3 heteroatoms. The van der Waals surface area contributed by atoms with Gasteiger partial charge in [0.2, 0.25) is 0 Å². The van der Waals surface area contributed by atoms with E-state index in [1.807, 2.05) is 0 Å². The van der Waals surface area contributed by atoms with Crippen molar-refractivity contribution in [3.63, 3.8) is 0 Å². The van der Waals surface area contributed by atoms with Crippen LogP contribution in [0.5, 0.6) is 0 Å². The van der Waals surface area contributed by atoms with E-state index in [-0.39, 0.29) is 12.3 Å². The Kier molecular flexibility index (Phi) is 4.04. The summed E-state index contributed by atoms with van der Waals surface area (Å²) in [5, 5.41) is 0. The maximum atomic E-state index is 10.2. The lowest BCUT2D eigenvalue weighted by Crippen LogP contribution is -2.13. The maximum Gasteiger partial charge on any atom is 0.147 e. The Balaban J connectivity index is 3.00. The summed E-state index contributed by atoms with van der Waals surface area (Å²) in [4.78, 5) is 10.2. The number of nitrogens with two attached hydrogens (primary N) is 1. The Labute approximate surface area is 47.6 Å². The fourth-order valence-electron chi connectivity index (χ4n) is 0.207. The smallest absolute Gasteiger partial charge is 0.147 e. The first kappa shape index (κ1) is 6.92. The SMILES string of the molecule is NCC(=O)CCCl. The Morgan fingerprint density at radius 2 is 2.29 bits per heavy atom. The van der Waals surface area contributed by atoms with Crippen LogP contribution in [0.2, 0.25) is 0 Å². The molecule has 0 aliphatic carbocycles. The first-order valence-electron chi connectivity index (χ1n) is 2.09. The van der Waals surface area contributed by atoms with Gasteiger partial charge in [-0.2, -0.15) is 0 Å². The second kappa shape index (κ2) is 4.09. The molecule has 0 aromatic carbocycles. The molecule has 2 nitrogen and oxygen atoms in total. The van der Waals surface area contributed by atoms with Crippen molar-refractivity contribution in [2.45, 2.75) is 6.42 Å². The van der Waals surface area contributed by atoms with Crippen molar-refractivity contribution in [1.29, 1.82) is 0 Å². The molecule has 0 aliphatic rings. The second-order valence-corrected chi connectivity index (χ2v) is 1.56. The van der Waals surface area contributed by atoms with Gasteiger partial charge in [0.1, 0.15) is 5.78 Å². The number of halogens is 1. The molecule has 0 radical (unpaired) electrons. The number of Topliss-reactive ketones (excluding diaryl/α,β-unsaturated/α-hetero) is 1. The molecule has 0 saturated carbocycles.